The highest BCUT2D eigenvalue weighted by atomic mass is 16.4. The van der Waals surface area contributed by atoms with Crippen LogP contribution in [0.1, 0.15) is 38.2 Å². The van der Waals surface area contributed by atoms with Gasteiger partial charge in [0.1, 0.15) is 24.2 Å². The molecule has 0 saturated carbocycles. The minimum absolute atomic E-state index is 0.0813. The summed E-state index contributed by atoms with van der Waals surface area (Å²) < 4.78 is 0. The number of carboxylic acids is 1. The molecular formula is C23H33N5O7. The van der Waals surface area contributed by atoms with Crippen molar-refractivity contribution < 1.29 is 34.2 Å². The van der Waals surface area contributed by atoms with Gasteiger partial charge in [-0.25, -0.2) is 4.79 Å². The number of hydrogen-bond donors (Lipinski definition) is 6. The van der Waals surface area contributed by atoms with Gasteiger partial charge in [0, 0.05) is 19.4 Å². The summed E-state index contributed by atoms with van der Waals surface area (Å²) in [6.07, 6.45) is -0.673. The zero-order valence-electron chi connectivity index (χ0n) is 19.6. The Bertz CT molecular complexity index is 924. The van der Waals surface area contributed by atoms with Crippen molar-refractivity contribution in [3.05, 3.63) is 35.9 Å². The number of aliphatic hydroxyl groups excluding tert-OH is 1. The van der Waals surface area contributed by atoms with Gasteiger partial charge in [-0.15, -0.1) is 0 Å². The lowest BCUT2D eigenvalue weighted by Crippen LogP contribution is -2.58. The second-order valence-corrected chi connectivity index (χ2v) is 8.61. The second-order valence-electron chi connectivity index (χ2n) is 8.61. The van der Waals surface area contributed by atoms with E-state index in [4.69, 9.17) is 11.5 Å². The molecule has 4 amide bonds. The third-order valence-corrected chi connectivity index (χ3v) is 5.85. The quantitative estimate of drug-likeness (QED) is 0.197. The Labute approximate surface area is 203 Å². The predicted octanol–water partition coefficient (Wildman–Crippen LogP) is -1.75. The molecule has 1 aliphatic heterocycles. The van der Waals surface area contributed by atoms with E-state index in [0.717, 1.165) is 5.56 Å². The molecule has 5 unspecified atom stereocenters. The smallest absolute Gasteiger partial charge is 0.326 e. The molecule has 0 radical (unpaired) electrons. The van der Waals surface area contributed by atoms with Crippen molar-refractivity contribution in [3.63, 3.8) is 0 Å². The Morgan fingerprint density at radius 3 is 2.29 bits per heavy atom. The lowest BCUT2D eigenvalue weighted by molar-refractivity contribution is -0.149. The summed E-state index contributed by atoms with van der Waals surface area (Å²) in [5.41, 5.74) is 11.6. The molecule has 12 heteroatoms. The normalized spacial score (nSPS) is 18.7. The Hall–Kier alpha value is -3.51. The highest BCUT2D eigenvalue weighted by Crippen LogP contribution is 2.20. The summed E-state index contributed by atoms with van der Waals surface area (Å²) in [7, 11) is 0. The van der Waals surface area contributed by atoms with Crippen LogP contribution in [0.2, 0.25) is 0 Å². The number of rotatable bonds is 12. The van der Waals surface area contributed by atoms with Gasteiger partial charge in [0.25, 0.3) is 0 Å². The number of likely N-dealkylation sites (tertiary alicyclic amines) is 1. The van der Waals surface area contributed by atoms with E-state index in [1.807, 2.05) is 0 Å². The molecule has 0 aromatic heterocycles. The van der Waals surface area contributed by atoms with Gasteiger partial charge in [0.2, 0.25) is 23.6 Å². The van der Waals surface area contributed by atoms with Gasteiger partial charge in [-0.05, 0) is 31.7 Å². The Morgan fingerprint density at radius 1 is 1.09 bits per heavy atom. The number of nitrogens with two attached hydrogens (primary N) is 2. The Morgan fingerprint density at radius 2 is 1.71 bits per heavy atom. The van der Waals surface area contributed by atoms with Crippen LogP contribution in [0.15, 0.2) is 30.3 Å². The first-order valence-electron chi connectivity index (χ1n) is 11.4. The average Bonchev–Trinajstić information content (AvgIpc) is 3.31. The number of nitrogens with zero attached hydrogens (tertiary/aromatic N) is 1. The highest BCUT2D eigenvalue weighted by molar-refractivity contribution is 5.94. The van der Waals surface area contributed by atoms with Crippen LogP contribution in [-0.4, -0.2) is 81.5 Å². The van der Waals surface area contributed by atoms with Crippen LogP contribution in [0.3, 0.4) is 0 Å². The van der Waals surface area contributed by atoms with E-state index >= 15 is 0 Å². The average molecular weight is 492 g/mol. The maximum absolute atomic E-state index is 13.3. The molecule has 1 aromatic carbocycles. The lowest BCUT2D eigenvalue weighted by Gasteiger charge is -2.29. The minimum atomic E-state index is -1.32. The first kappa shape index (κ1) is 27.7. The van der Waals surface area contributed by atoms with Gasteiger partial charge in [-0.2, -0.15) is 0 Å². The van der Waals surface area contributed by atoms with E-state index in [1.54, 1.807) is 30.3 Å². The molecule has 0 bridgehead atoms. The fourth-order valence-corrected chi connectivity index (χ4v) is 3.85. The molecule has 1 heterocycles. The van der Waals surface area contributed by atoms with Gasteiger partial charge in [-0.1, -0.05) is 30.3 Å². The summed E-state index contributed by atoms with van der Waals surface area (Å²) >= 11 is 0. The summed E-state index contributed by atoms with van der Waals surface area (Å²) in [6, 6.07) is 4.15. The van der Waals surface area contributed by atoms with Crippen LogP contribution >= 0.6 is 0 Å². The molecule has 12 nitrogen and oxygen atoms in total. The molecule has 192 valence electrons. The van der Waals surface area contributed by atoms with E-state index < -0.39 is 59.9 Å². The third-order valence-electron chi connectivity index (χ3n) is 5.85. The number of primary amides is 1. The van der Waals surface area contributed by atoms with E-state index in [-0.39, 0.29) is 25.8 Å². The molecule has 1 fully saturated rings. The summed E-state index contributed by atoms with van der Waals surface area (Å²) in [6.45, 7) is 1.55. The van der Waals surface area contributed by atoms with Crippen molar-refractivity contribution in [2.45, 2.75) is 69.3 Å². The lowest BCUT2D eigenvalue weighted by atomic mass is 10.0. The summed E-state index contributed by atoms with van der Waals surface area (Å²) in [5.74, 6) is -3.97. The fraction of sp³-hybridized carbons (Fsp3) is 0.522. The Kier molecular flexibility index (Phi) is 10.2. The number of carbonyl (C=O) groups is 5. The number of carbonyl (C=O) groups excluding carboxylic acids is 4. The van der Waals surface area contributed by atoms with Crippen molar-refractivity contribution in [2.75, 3.05) is 6.54 Å². The first-order valence-corrected chi connectivity index (χ1v) is 11.4. The van der Waals surface area contributed by atoms with Gasteiger partial charge < -0.3 is 37.2 Å². The van der Waals surface area contributed by atoms with Gasteiger partial charge in [0.05, 0.1) is 6.10 Å². The van der Waals surface area contributed by atoms with Gasteiger partial charge in [-0.3, -0.25) is 19.2 Å². The number of nitrogens with one attached hydrogen (secondary N) is 2. The van der Waals surface area contributed by atoms with Crippen LogP contribution in [0, 0.1) is 0 Å². The maximum atomic E-state index is 13.3. The van der Waals surface area contributed by atoms with Gasteiger partial charge >= 0.3 is 5.97 Å². The highest BCUT2D eigenvalue weighted by Gasteiger charge is 2.38. The third kappa shape index (κ3) is 8.04. The number of carboxylic acid groups (broad SMARTS) is 1. The number of benzene rings is 1. The van der Waals surface area contributed by atoms with Crippen LogP contribution < -0.4 is 22.1 Å². The second kappa shape index (κ2) is 12.8. The SMILES string of the molecule is CC(O)C(N)C(=O)NC(CCC(N)=O)C(=O)NC(Cc1ccccc1)C(=O)N1CCCC1C(=O)O. The standard InChI is InChI=1S/C23H33N5O7/c1-13(29)19(25)21(32)26-15(9-10-18(24)30)20(31)27-16(12-14-6-3-2-4-7-14)22(33)28-11-5-8-17(28)23(34)35/h2-4,6-7,13,15-17,19,29H,5,8-12,25H2,1H3,(H2,24,30)(H,26,32)(H,27,31)(H,34,35). The van der Waals surface area contributed by atoms with Gasteiger partial charge in [0.15, 0.2) is 0 Å². The van der Waals surface area contributed by atoms with E-state index in [2.05, 4.69) is 10.6 Å². The molecular weight excluding hydrogens is 458 g/mol. The maximum Gasteiger partial charge on any atom is 0.326 e. The molecule has 0 aliphatic carbocycles. The molecule has 35 heavy (non-hydrogen) atoms. The first-order chi connectivity index (χ1) is 16.5. The molecule has 5 atom stereocenters. The van der Waals surface area contributed by atoms with Crippen molar-refractivity contribution in [3.8, 4) is 0 Å². The van der Waals surface area contributed by atoms with E-state index in [0.29, 0.717) is 12.8 Å². The van der Waals surface area contributed by atoms with E-state index in [1.165, 1.54) is 11.8 Å². The van der Waals surface area contributed by atoms with Crippen molar-refractivity contribution in [2.24, 2.45) is 11.5 Å². The Balaban J connectivity index is 2.26. The van der Waals surface area contributed by atoms with Crippen molar-refractivity contribution >= 4 is 29.6 Å². The number of amides is 4. The van der Waals surface area contributed by atoms with Crippen LogP contribution in [0.4, 0.5) is 0 Å². The molecule has 1 aromatic rings. The number of hydrogen-bond acceptors (Lipinski definition) is 7. The van der Waals surface area contributed by atoms with Crippen molar-refractivity contribution in [1.29, 1.82) is 0 Å². The zero-order chi connectivity index (χ0) is 26.1. The minimum Gasteiger partial charge on any atom is -0.480 e. The molecule has 0 spiro atoms. The summed E-state index contributed by atoms with van der Waals surface area (Å²) in [5, 5.41) is 24.1. The molecule has 1 saturated heterocycles. The topological polar surface area (TPSA) is 205 Å². The van der Waals surface area contributed by atoms with Crippen LogP contribution in [-0.2, 0) is 30.4 Å². The number of aliphatic carboxylic acids is 1. The van der Waals surface area contributed by atoms with Crippen molar-refractivity contribution in [1.82, 2.24) is 15.5 Å². The van der Waals surface area contributed by atoms with Crippen LogP contribution in [0.25, 0.3) is 0 Å². The predicted molar refractivity (Wildman–Crippen MR) is 124 cm³/mol. The summed E-state index contributed by atoms with van der Waals surface area (Å²) in [4.78, 5) is 63.0. The van der Waals surface area contributed by atoms with Crippen LogP contribution in [0.5, 0.6) is 0 Å². The molecule has 8 N–H and O–H groups in total. The zero-order valence-corrected chi connectivity index (χ0v) is 19.6. The molecule has 1 aliphatic rings. The molecule has 2 rings (SSSR count). The number of aliphatic hydroxyl groups is 1. The van der Waals surface area contributed by atoms with E-state index in [9.17, 15) is 34.2 Å². The largest absolute Gasteiger partial charge is 0.480 e. The monoisotopic (exact) mass is 491 g/mol. The fourth-order valence-electron chi connectivity index (χ4n) is 3.85.